The molecular weight excluding hydrogens is 202 g/mol. The van der Waals surface area contributed by atoms with E-state index in [4.69, 9.17) is 5.73 Å². The molecule has 1 saturated heterocycles. The molecule has 16 heavy (non-hydrogen) atoms. The van der Waals surface area contributed by atoms with Gasteiger partial charge in [0.1, 0.15) is 0 Å². The average molecular weight is 223 g/mol. The fraction of sp³-hybridized carbons (Fsp3) is 0.750. The molecule has 1 aliphatic heterocycles. The minimum atomic E-state index is 0.0500. The van der Waals surface area contributed by atoms with Crippen molar-refractivity contribution in [2.24, 2.45) is 5.73 Å². The van der Waals surface area contributed by atoms with E-state index in [9.17, 15) is 4.79 Å². The van der Waals surface area contributed by atoms with Crippen LogP contribution >= 0.6 is 0 Å². The summed E-state index contributed by atoms with van der Waals surface area (Å²) in [6.07, 6.45) is 2.75. The maximum absolute atomic E-state index is 11.8. The summed E-state index contributed by atoms with van der Waals surface area (Å²) in [6.45, 7) is 4.70. The minimum Gasteiger partial charge on any atom is -0.343 e. The molecule has 3 N–H and O–H groups in total. The van der Waals surface area contributed by atoms with E-state index >= 15 is 0 Å². The van der Waals surface area contributed by atoms with E-state index in [2.05, 4.69) is 17.2 Å². The van der Waals surface area contributed by atoms with Crippen LogP contribution in [0.3, 0.4) is 0 Å². The second-order valence-electron chi connectivity index (χ2n) is 4.03. The van der Waals surface area contributed by atoms with Crippen molar-refractivity contribution in [2.45, 2.75) is 32.2 Å². The van der Waals surface area contributed by atoms with Gasteiger partial charge in [0.05, 0.1) is 6.54 Å². The van der Waals surface area contributed by atoms with Crippen LogP contribution in [0.1, 0.15) is 26.2 Å². The Hall–Kier alpha value is -1.05. The van der Waals surface area contributed by atoms with Gasteiger partial charge in [0.25, 0.3) is 0 Å². The summed E-state index contributed by atoms with van der Waals surface area (Å²) in [4.78, 5) is 13.8. The molecule has 0 radical (unpaired) electrons. The lowest BCUT2D eigenvalue weighted by molar-refractivity contribution is -0.130. The van der Waals surface area contributed by atoms with E-state index in [1.165, 1.54) is 0 Å². The van der Waals surface area contributed by atoms with E-state index in [0.717, 1.165) is 25.9 Å². The number of rotatable bonds is 5. The first-order valence-electron chi connectivity index (χ1n) is 5.88. The second-order valence-corrected chi connectivity index (χ2v) is 4.03. The van der Waals surface area contributed by atoms with Crippen molar-refractivity contribution in [2.75, 3.05) is 26.2 Å². The van der Waals surface area contributed by atoms with Crippen LogP contribution in [0.25, 0.3) is 0 Å². The third kappa shape index (κ3) is 4.21. The molecule has 90 valence electrons. The Morgan fingerprint density at radius 2 is 2.19 bits per heavy atom. The first-order valence-corrected chi connectivity index (χ1v) is 5.88. The molecule has 1 atom stereocenters. The number of carbonyl (C=O) groups excluding carboxylic acids is 1. The third-order valence-corrected chi connectivity index (χ3v) is 2.82. The lowest BCUT2D eigenvalue weighted by Gasteiger charge is -2.20. The number of nitrogens with zero attached hydrogens (tertiary/aromatic N) is 1. The van der Waals surface area contributed by atoms with E-state index in [1.54, 1.807) is 6.92 Å². The summed E-state index contributed by atoms with van der Waals surface area (Å²) >= 11 is 0. The van der Waals surface area contributed by atoms with Crippen molar-refractivity contribution >= 4 is 5.91 Å². The van der Waals surface area contributed by atoms with Gasteiger partial charge in [0.15, 0.2) is 0 Å². The number of nitrogens with one attached hydrogen (secondary N) is 1. The fourth-order valence-corrected chi connectivity index (χ4v) is 1.83. The fourth-order valence-electron chi connectivity index (χ4n) is 1.83. The van der Waals surface area contributed by atoms with E-state index in [0.29, 0.717) is 19.5 Å². The highest BCUT2D eigenvalue weighted by atomic mass is 16.2. The molecule has 1 amide bonds. The molecule has 0 aromatic carbocycles. The second kappa shape index (κ2) is 7.26. The van der Waals surface area contributed by atoms with Gasteiger partial charge in [-0.05, 0) is 19.8 Å². The predicted octanol–water partition coefficient (Wildman–Crippen LogP) is -0.0609. The summed E-state index contributed by atoms with van der Waals surface area (Å²) in [5, 5.41) is 3.18. The maximum atomic E-state index is 11.8. The van der Waals surface area contributed by atoms with E-state index in [1.807, 2.05) is 4.90 Å². The van der Waals surface area contributed by atoms with Crippen molar-refractivity contribution in [3.8, 4) is 11.8 Å². The van der Waals surface area contributed by atoms with Crippen LogP contribution in [0.5, 0.6) is 0 Å². The average Bonchev–Trinajstić information content (AvgIpc) is 2.81. The molecule has 0 aromatic heterocycles. The topological polar surface area (TPSA) is 58.4 Å². The Balaban J connectivity index is 2.29. The maximum Gasteiger partial charge on any atom is 0.224 e. The Bertz CT molecular complexity index is 274. The quantitative estimate of drug-likeness (QED) is 0.642. The monoisotopic (exact) mass is 223 g/mol. The van der Waals surface area contributed by atoms with Crippen molar-refractivity contribution in [3.05, 3.63) is 0 Å². The van der Waals surface area contributed by atoms with Crippen molar-refractivity contribution in [1.82, 2.24) is 10.2 Å². The molecule has 0 saturated carbocycles. The number of likely N-dealkylation sites (tertiary alicyclic amines) is 1. The van der Waals surface area contributed by atoms with Gasteiger partial charge in [-0.2, -0.15) is 0 Å². The SMILES string of the molecule is CC#CCNC(CN)CC(=O)N1CCCC1. The summed E-state index contributed by atoms with van der Waals surface area (Å²) in [5.41, 5.74) is 5.62. The van der Waals surface area contributed by atoms with E-state index in [-0.39, 0.29) is 11.9 Å². The van der Waals surface area contributed by atoms with Gasteiger partial charge in [-0.15, -0.1) is 5.92 Å². The van der Waals surface area contributed by atoms with Gasteiger partial charge in [0, 0.05) is 32.1 Å². The summed E-state index contributed by atoms with van der Waals surface area (Å²) in [7, 11) is 0. The molecule has 0 bridgehead atoms. The molecular formula is C12H21N3O. The van der Waals surface area contributed by atoms with Crippen LogP contribution in [-0.4, -0.2) is 43.0 Å². The zero-order valence-corrected chi connectivity index (χ0v) is 9.96. The van der Waals surface area contributed by atoms with Crippen LogP contribution in [0.15, 0.2) is 0 Å². The highest BCUT2D eigenvalue weighted by Gasteiger charge is 2.20. The van der Waals surface area contributed by atoms with Gasteiger partial charge in [0.2, 0.25) is 5.91 Å². The van der Waals surface area contributed by atoms with Crippen LogP contribution in [0.2, 0.25) is 0 Å². The van der Waals surface area contributed by atoms with Gasteiger partial charge in [-0.3, -0.25) is 4.79 Å². The summed E-state index contributed by atoms with van der Waals surface area (Å²) in [6, 6.07) is 0.0500. The van der Waals surface area contributed by atoms with Gasteiger partial charge < -0.3 is 16.0 Å². The normalized spacial score (nSPS) is 16.8. The standard InChI is InChI=1S/C12H21N3O/c1-2-3-6-14-11(10-13)9-12(16)15-7-4-5-8-15/h11,14H,4-10,13H2,1H3. The van der Waals surface area contributed by atoms with Crippen molar-refractivity contribution in [1.29, 1.82) is 0 Å². The van der Waals surface area contributed by atoms with Crippen LogP contribution in [0.4, 0.5) is 0 Å². The first-order chi connectivity index (χ1) is 7.77. The molecule has 4 heteroatoms. The number of carbonyl (C=O) groups is 1. The summed E-state index contributed by atoms with van der Waals surface area (Å²) in [5.74, 6) is 5.93. The summed E-state index contributed by atoms with van der Waals surface area (Å²) < 4.78 is 0. The highest BCUT2D eigenvalue weighted by molar-refractivity contribution is 5.77. The molecule has 0 aliphatic carbocycles. The van der Waals surface area contributed by atoms with Gasteiger partial charge >= 0.3 is 0 Å². The predicted molar refractivity (Wildman–Crippen MR) is 64.7 cm³/mol. The van der Waals surface area contributed by atoms with Crippen LogP contribution in [0, 0.1) is 11.8 Å². The number of hydrogen-bond donors (Lipinski definition) is 2. The zero-order chi connectivity index (χ0) is 11.8. The zero-order valence-electron chi connectivity index (χ0n) is 9.96. The van der Waals surface area contributed by atoms with Gasteiger partial charge in [-0.25, -0.2) is 0 Å². The van der Waals surface area contributed by atoms with Crippen LogP contribution in [-0.2, 0) is 4.79 Å². The lowest BCUT2D eigenvalue weighted by atomic mass is 10.2. The Morgan fingerprint density at radius 1 is 1.50 bits per heavy atom. The Kier molecular flexibility index (Phi) is 5.91. The third-order valence-electron chi connectivity index (χ3n) is 2.82. The molecule has 0 aromatic rings. The van der Waals surface area contributed by atoms with E-state index < -0.39 is 0 Å². The number of amides is 1. The number of nitrogens with two attached hydrogens (primary N) is 1. The van der Waals surface area contributed by atoms with Crippen molar-refractivity contribution < 1.29 is 4.79 Å². The molecule has 1 unspecified atom stereocenters. The first kappa shape index (κ1) is 13.0. The van der Waals surface area contributed by atoms with Crippen molar-refractivity contribution in [3.63, 3.8) is 0 Å². The Labute approximate surface area is 97.6 Å². The molecule has 1 fully saturated rings. The smallest absolute Gasteiger partial charge is 0.224 e. The van der Waals surface area contributed by atoms with Gasteiger partial charge in [-0.1, -0.05) is 5.92 Å². The molecule has 1 rings (SSSR count). The largest absolute Gasteiger partial charge is 0.343 e. The lowest BCUT2D eigenvalue weighted by Crippen LogP contribution is -2.41. The highest BCUT2D eigenvalue weighted by Crippen LogP contribution is 2.09. The number of hydrogen-bond acceptors (Lipinski definition) is 3. The molecule has 1 aliphatic rings. The Morgan fingerprint density at radius 3 is 2.75 bits per heavy atom. The molecule has 1 heterocycles. The minimum absolute atomic E-state index is 0.0500. The molecule has 0 spiro atoms. The molecule has 4 nitrogen and oxygen atoms in total. The van der Waals surface area contributed by atoms with Crippen LogP contribution < -0.4 is 11.1 Å².